The van der Waals surface area contributed by atoms with E-state index in [9.17, 15) is 9.59 Å². The second kappa shape index (κ2) is 8.34. The highest BCUT2D eigenvalue weighted by atomic mass is 16.5. The van der Waals surface area contributed by atoms with Crippen LogP contribution in [0.1, 0.15) is 28.8 Å². The first-order chi connectivity index (χ1) is 12.7. The van der Waals surface area contributed by atoms with Crippen LogP contribution in [0.25, 0.3) is 0 Å². The highest BCUT2D eigenvalue weighted by Crippen LogP contribution is 2.21. The molecule has 1 heterocycles. The van der Waals surface area contributed by atoms with E-state index < -0.39 is 0 Å². The fourth-order valence-electron chi connectivity index (χ4n) is 2.88. The molecule has 26 heavy (non-hydrogen) atoms. The number of carbonyl (C=O) groups excluding carboxylic acids is 2. The Morgan fingerprint density at radius 3 is 2.73 bits per heavy atom. The van der Waals surface area contributed by atoms with Gasteiger partial charge in [-0.25, -0.2) is 0 Å². The molecule has 1 aliphatic rings. The van der Waals surface area contributed by atoms with Gasteiger partial charge in [-0.1, -0.05) is 30.9 Å². The molecule has 0 spiro atoms. The Morgan fingerprint density at radius 2 is 2.04 bits per heavy atom. The molecule has 2 aromatic carbocycles. The van der Waals surface area contributed by atoms with E-state index >= 15 is 0 Å². The Balaban J connectivity index is 1.57. The average molecular weight is 350 g/mol. The number of benzene rings is 2. The Morgan fingerprint density at radius 1 is 1.23 bits per heavy atom. The largest absolute Gasteiger partial charge is 0.490 e. The second-order valence-corrected chi connectivity index (χ2v) is 6.13. The van der Waals surface area contributed by atoms with Crippen LogP contribution in [0.2, 0.25) is 0 Å². The van der Waals surface area contributed by atoms with Crippen LogP contribution in [-0.4, -0.2) is 25.0 Å². The van der Waals surface area contributed by atoms with Crippen molar-refractivity contribution in [3.05, 3.63) is 72.3 Å². The van der Waals surface area contributed by atoms with Gasteiger partial charge in [0.15, 0.2) is 0 Å². The van der Waals surface area contributed by atoms with E-state index in [-0.39, 0.29) is 11.8 Å². The number of rotatable bonds is 7. The first kappa shape index (κ1) is 17.7. The lowest BCUT2D eigenvalue weighted by atomic mass is 10.1. The van der Waals surface area contributed by atoms with Crippen molar-refractivity contribution in [3.63, 3.8) is 0 Å². The maximum Gasteiger partial charge on any atom is 0.251 e. The van der Waals surface area contributed by atoms with E-state index in [0.29, 0.717) is 30.9 Å². The fourth-order valence-corrected chi connectivity index (χ4v) is 2.88. The van der Waals surface area contributed by atoms with E-state index in [0.717, 1.165) is 24.2 Å². The van der Waals surface area contributed by atoms with Crippen LogP contribution in [-0.2, 0) is 11.3 Å². The molecular formula is C21H22N2O3. The van der Waals surface area contributed by atoms with E-state index in [1.165, 1.54) is 0 Å². The smallest absolute Gasteiger partial charge is 0.251 e. The number of anilines is 1. The van der Waals surface area contributed by atoms with Crippen LogP contribution >= 0.6 is 0 Å². The molecule has 0 aromatic heterocycles. The van der Waals surface area contributed by atoms with Gasteiger partial charge in [-0.2, -0.15) is 0 Å². The highest BCUT2D eigenvalue weighted by Gasteiger charge is 2.21. The predicted molar refractivity (Wildman–Crippen MR) is 101 cm³/mol. The molecule has 3 rings (SSSR count). The summed E-state index contributed by atoms with van der Waals surface area (Å²) in [4.78, 5) is 25.9. The van der Waals surface area contributed by atoms with E-state index in [4.69, 9.17) is 4.74 Å². The maximum absolute atomic E-state index is 12.3. The molecule has 5 nitrogen and oxygen atoms in total. The van der Waals surface area contributed by atoms with Crippen LogP contribution in [0.15, 0.2) is 61.2 Å². The van der Waals surface area contributed by atoms with Crippen molar-refractivity contribution < 1.29 is 14.3 Å². The van der Waals surface area contributed by atoms with Crippen LogP contribution in [0.3, 0.4) is 0 Å². The molecule has 0 atom stereocenters. The highest BCUT2D eigenvalue weighted by molar-refractivity contribution is 5.95. The molecule has 5 heteroatoms. The summed E-state index contributed by atoms with van der Waals surface area (Å²) in [6, 6.07) is 14.8. The standard InChI is InChI=1S/C21H22N2O3/c1-2-13-26-19-6-3-5-17(14-19)21(25)22-15-16-8-10-18(11-9-16)23-12-4-7-20(23)24/h2-3,5-6,8-11,14H,1,4,7,12-13,15H2,(H,22,25). The topological polar surface area (TPSA) is 58.6 Å². The molecule has 0 aliphatic carbocycles. The summed E-state index contributed by atoms with van der Waals surface area (Å²) in [6.45, 7) is 5.20. The minimum Gasteiger partial charge on any atom is -0.490 e. The van der Waals surface area contributed by atoms with Crippen LogP contribution in [0.4, 0.5) is 5.69 Å². The number of hydrogen-bond donors (Lipinski definition) is 1. The SMILES string of the molecule is C=CCOc1cccc(C(=O)NCc2ccc(N3CCCC3=O)cc2)c1. The van der Waals surface area contributed by atoms with Gasteiger partial charge in [-0.15, -0.1) is 0 Å². The molecule has 2 aromatic rings. The van der Waals surface area contributed by atoms with Crippen molar-refractivity contribution in [1.82, 2.24) is 5.32 Å². The first-order valence-corrected chi connectivity index (χ1v) is 8.68. The summed E-state index contributed by atoms with van der Waals surface area (Å²) in [5.74, 6) is 0.648. The van der Waals surface area contributed by atoms with Crippen molar-refractivity contribution in [2.24, 2.45) is 0 Å². The third-order valence-corrected chi connectivity index (χ3v) is 4.24. The van der Waals surface area contributed by atoms with Crippen molar-refractivity contribution in [3.8, 4) is 5.75 Å². The summed E-state index contributed by atoms with van der Waals surface area (Å²) in [6.07, 6.45) is 3.19. The zero-order chi connectivity index (χ0) is 18.4. The van der Waals surface area contributed by atoms with Gasteiger partial charge in [0.1, 0.15) is 12.4 Å². The Bertz CT molecular complexity index is 799. The van der Waals surface area contributed by atoms with Gasteiger partial charge in [0.05, 0.1) is 0 Å². The molecule has 0 radical (unpaired) electrons. The molecule has 1 aliphatic heterocycles. The summed E-state index contributed by atoms with van der Waals surface area (Å²) in [7, 11) is 0. The summed E-state index contributed by atoms with van der Waals surface area (Å²) >= 11 is 0. The molecule has 1 saturated heterocycles. The molecule has 0 bridgehead atoms. The number of ether oxygens (including phenoxy) is 1. The van der Waals surface area contributed by atoms with Crippen molar-refractivity contribution >= 4 is 17.5 Å². The van der Waals surface area contributed by atoms with Crippen LogP contribution < -0.4 is 15.0 Å². The van der Waals surface area contributed by atoms with Crippen molar-refractivity contribution in [2.75, 3.05) is 18.1 Å². The van der Waals surface area contributed by atoms with Crippen molar-refractivity contribution in [1.29, 1.82) is 0 Å². The zero-order valence-electron chi connectivity index (χ0n) is 14.6. The third kappa shape index (κ3) is 4.30. The predicted octanol–water partition coefficient (Wildman–Crippen LogP) is 3.31. The molecule has 0 unspecified atom stereocenters. The number of nitrogens with zero attached hydrogens (tertiary/aromatic N) is 1. The van der Waals surface area contributed by atoms with Crippen LogP contribution in [0, 0.1) is 0 Å². The number of carbonyl (C=O) groups is 2. The lowest BCUT2D eigenvalue weighted by Crippen LogP contribution is -2.24. The van der Waals surface area contributed by atoms with Gasteiger partial charge < -0.3 is 15.0 Å². The second-order valence-electron chi connectivity index (χ2n) is 6.13. The zero-order valence-corrected chi connectivity index (χ0v) is 14.6. The van der Waals surface area contributed by atoms with Gasteiger partial charge in [0.25, 0.3) is 5.91 Å². The lowest BCUT2D eigenvalue weighted by Gasteiger charge is -2.16. The number of nitrogens with one attached hydrogen (secondary N) is 1. The van der Waals surface area contributed by atoms with Gasteiger partial charge in [0.2, 0.25) is 5.91 Å². The number of amides is 2. The van der Waals surface area contributed by atoms with E-state index in [1.807, 2.05) is 24.3 Å². The molecule has 1 fully saturated rings. The summed E-state index contributed by atoms with van der Waals surface area (Å²) in [5, 5.41) is 2.90. The molecule has 134 valence electrons. The van der Waals surface area contributed by atoms with Gasteiger partial charge in [-0.3, -0.25) is 9.59 Å². The van der Waals surface area contributed by atoms with Gasteiger partial charge in [0, 0.05) is 30.8 Å². The number of hydrogen-bond acceptors (Lipinski definition) is 3. The molecular weight excluding hydrogens is 328 g/mol. The molecule has 2 amide bonds. The third-order valence-electron chi connectivity index (χ3n) is 4.24. The normalized spacial score (nSPS) is 13.5. The Kier molecular flexibility index (Phi) is 5.69. The molecule has 1 N–H and O–H groups in total. The Hall–Kier alpha value is -3.08. The summed E-state index contributed by atoms with van der Waals surface area (Å²) < 4.78 is 5.45. The quantitative estimate of drug-likeness (QED) is 0.780. The minimum absolute atomic E-state index is 0.159. The van der Waals surface area contributed by atoms with Gasteiger partial charge in [-0.05, 0) is 42.3 Å². The van der Waals surface area contributed by atoms with Crippen LogP contribution in [0.5, 0.6) is 5.75 Å². The van der Waals surface area contributed by atoms with E-state index in [1.54, 1.807) is 35.2 Å². The van der Waals surface area contributed by atoms with E-state index in [2.05, 4.69) is 11.9 Å². The lowest BCUT2D eigenvalue weighted by molar-refractivity contribution is -0.117. The van der Waals surface area contributed by atoms with Gasteiger partial charge >= 0.3 is 0 Å². The maximum atomic E-state index is 12.3. The average Bonchev–Trinajstić information content (AvgIpc) is 3.11. The first-order valence-electron chi connectivity index (χ1n) is 8.68. The summed E-state index contributed by atoms with van der Waals surface area (Å²) in [5.41, 5.74) is 2.44. The molecule has 0 saturated carbocycles. The Labute approximate surface area is 153 Å². The minimum atomic E-state index is -0.159. The van der Waals surface area contributed by atoms with Crippen molar-refractivity contribution in [2.45, 2.75) is 19.4 Å². The fraction of sp³-hybridized carbons (Fsp3) is 0.238. The monoisotopic (exact) mass is 350 g/mol.